The number of amides is 1. The highest BCUT2D eigenvalue weighted by atomic mass is 16.2. The van der Waals surface area contributed by atoms with Gasteiger partial charge in [0.05, 0.1) is 24.1 Å². The molecule has 2 atom stereocenters. The van der Waals surface area contributed by atoms with Gasteiger partial charge in [-0.25, -0.2) is 0 Å². The fraction of sp³-hybridized carbons (Fsp3) is 0.400. The predicted molar refractivity (Wildman–Crippen MR) is 74.8 cm³/mol. The lowest BCUT2D eigenvalue weighted by molar-refractivity contribution is -0.126. The van der Waals surface area contributed by atoms with Gasteiger partial charge in [0.25, 0.3) is 0 Å². The highest BCUT2D eigenvalue weighted by Gasteiger charge is 2.37. The highest BCUT2D eigenvalue weighted by Crippen LogP contribution is 2.25. The lowest BCUT2D eigenvalue weighted by Gasteiger charge is -2.42. The van der Waals surface area contributed by atoms with Crippen LogP contribution in [-0.2, 0) is 4.79 Å². The molecule has 2 rings (SSSR count). The minimum Gasteiger partial charge on any atom is -0.307 e. The lowest BCUT2D eigenvalue weighted by Crippen LogP contribution is -2.59. The number of nitrogens with zero attached hydrogens (tertiary/aromatic N) is 4. The van der Waals surface area contributed by atoms with Crippen molar-refractivity contribution in [1.82, 2.24) is 4.90 Å². The van der Waals surface area contributed by atoms with E-state index in [0.717, 1.165) is 12.2 Å². The van der Waals surface area contributed by atoms with E-state index in [1.54, 1.807) is 29.2 Å². The SMILES string of the molecule is CC1CN(C)C(CC#N)C(=O)N1c1ccc(C#N)cc1. The van der Waals surface area contributed by atoms with Gasteiger partial charge in [0.2, 0.25) is 5.91 Å². The van der Waals surface area contributed by atoms with Crippen molar-refractivity contribution in [2.45, 2.75) is 25.4 Å². The van der Waals surface area contributed by atoms with Crippen LogP contribution >= 0.6 is 0 Å². The van der Waals surface area contributed by atoms with Crippen LogP contribution in [0.3, 0.4) is 0 Å². The molecule has 20 heavy (non-hydrogen) atoms. The van der Waals surface area contributed by atoms with Crippen molar-refractivity contribution >= 4 is 11.6 Å². The minimum absolute atomic E-state index is 0.0374. The summed E-state index contributed by atoms with van der Waals surface area (Å²) in [5.41, 5.74) is 1.34. The molecule has 2 unspecified atom stereocenters. The number of piperazine rings is 1. The zero-order valence-corrected chi connectivity index (χ0v) is 11.6. The fourth-order valence-corrected chi connectivity index (χ4v) is 2.60. The molecule has 1 fully saturated rings. The zero-order chi connectivity index (χ0) is 14.7. The topological polar surface area (TPSA) is 71.1 Å². The van der Waals surface area contributed by atoms with E-state index in [1.165, 1.54) is 0 Å². The molecule has 1 aromatic rings. The van der Waals surface area contributed by atoms with Crippen molar-refractivity contribution < 1.29 is 4.79 Å². The third kappa shape index (κ3) is 2.49. The van der Waals surface area contributed by atoms with Crippen LogP contribution in [0, 0.1) is 22.7 Å². The number of benzene rings is 1. The van der Waals surface area contributed by atoms with Crippen LogP contribution in [0.2, 0.25) is 0 Å². The van der Waals surface area contributed by atoms with E-state index in [1.807, 2.05) is 18.9 Å². The first-order valence-electron chi connectivity index (χ1n) is 6.49. The summed E-state index contributed by atoms with van der Waals surface area (Å²) in [5, 5.41) is 17.7. The summed E-state index contributed by atoms with van der Waals surface area (Å²) in [6.07, 6.45) is 0.189. The van der Waals surface area contributed by atoms with Gasteiger partial charge in [-0.2, -0.15) is 10.5 Å². The van der Waals surface area contributed by atoms with E-state index in [9.17, 15) is 4.79 Å². The molecule has 0 N–H and O–H groups in total. The first-order chi connectivity index (χ1) is 9.58. The molecule has 0 radical (unpaired) electrons. The Balaban J connectivity index is 2.31. The maximum atomic E-state index is 12.6. The Morgan fingerprint density at radius 3 is 2.50 bits per heavy atom. The number of hydrogen-bond donors (Lipinski definition) is 0. The number of hydrogen-bond acceptors (Lipinski definition) is 4. The standard InChI is InChI=1S/C15H16N4O/c1-11-10-18(2)14(7-8-16)15(20)19(11)13-5-3-12(9-17)4-6-13/h3-6,11,14H,7,10H2,1-2H3. The molecule has 0 bridgehead atoms. The normalized spacial score (nSPS) is 23.2. The summed E-state index contributed by atoms with van der Waals surface area (Å²) in [7, 11) is 1.87. The van der Waals surface area contributed by atoms with Crippen LogP contribution in [0.25, 0.3) is 0 Å². The molecule has 102 valence electrons. The molecular formula is C15H16N4O. The van der Waals surface area contributed by atoms with Gasteiger partial charge in [0, 0.05) is 18.3 Å². The first kappa shape index (κ1) is 14.0. The molecular weight excluding hydrogens is 252 g/mol. The molecule has 1 saturated heterocycles. The van der Waals surface area contributed by atoms with Crippen molar-refractivity contribution in [2.24, 2.45) is 0 Å². The predicted octanol–water partition coefficient (Wildman–Crippen LogP) is 1.51. The van der Waals surface area contributed by atoms with Gasteiger partial charge >= 0.3 is 0 Å². The zero-order valence-electron chi connectivity index (χ0n) is 11.6. The Kier molecular flexibility index (Phi) is 4.02. The van der Waals surface area contributed by atoms with E-state index in [-0.39, 0.29) is 18.4 Å². The van der Waals surface area contributed by atoms with Crippen molar-refractivity contribution in [3.05, 3.63) is 29.8 Å². The summed E-state index contributed by atoms with van der Waals surface area (Å²) >= 11 is 0. The van der Waals surface area contributed by atoms with Crippen LogP contribution < -0.4 is 4.90 Å². The smallest absolute Gasteiger partial charge is 0.245 e. The summed E-state index contributed by atoms with van der Waals surface area (Å²) in [6, 6.07) is 10.7. The maximum absolute atomic E-state index is 12.6. The average Bonchev–Trinajstić information content (AvgIpc) is 2.44. The van der Waals surface area contributed by atoms with Crippen LogP contribution in [0.15, 0.2) is 24.3 Å². The maximum Gasteiger partial charge on any atom is 0.245 e. The van der Waals surface area contributed by atoms with E-state index in [0.29, 0.717) is 5.56 Å². The molecule has 0 spiro atoms. The second-order valence-electron chi connectivity index (χ2n) is 5.03. The van der Waals surface area contributed by atoms with Crippen molar-refractivity contribution in [3.63, 3.8) is 0 Å². The molecule has 1 amide bonds. The second-order valence-corrected chi connectivity index (χ2v) is 5.03. The van der Waals surface area contributed by atoms with Crippen LogP contribution in [-0.4, -0.2) is 36.5 Å². The van der Waals surface area contributed by atoms with Gasteiger partial charge in [-0.15, -0.1) is 0 Å². The average molecular weight is 268 g/mol. The quantitative estimate of drug-likeness (QED) is 0.815. The Bertz CT molecular complexity index is 581. The molecule has 5 nitrogen and oxygen atoms in total. The Morgan fingerprint density at radius 2 is 1.95 bits per heavy atom. The van der Waals surface area contributed by atoms with Crippen LogP contribution in [0.1, 0.15) is 18.9 Å². The van der Waals surface area contributed by atoms with Gasteiger partial charge in [0.15, 0.2) is 0 Å². The number of rotatable bonds is 2. The molecule has 0 aliphatic carbocycles. The van der Waals surface area contributed by atoms with Gasteiger partial charge in [-0.3, -0.25) is 9.69 Å². The van der Waals surface area contributed by atoms with Gasteiger partial charge in [-0.05, 0) is 38.2 Å². The Labute approximate surface area is 118 Å². The molecule has 1 aromatic carbocycles. The van der Waals surface area contributed by atoms with E-state index >= 15 is 0 Å². The van der Waals surface area contributed by atoms with Gasteiger partial charge in [0.1, 0.15) is 6.04 Å². The third-order valence-corrected chi connectivity index (χ3v) is 3.61. The summed E-state index contributed by atoms with van der Waals surface area (Å²) < 4.78 is 0. The van der Waals surface area contributed by atoms with Gasteiger partial charge < -0.3 is 4.90 Å². The molecule has 1 heterocycles. The Hall–Kier alpha value is -2.37. The number of anilines is 1. The lowest BCUT2D eigenvalue weighted by atomic mass is 10.0. The monoisotopic (exact) mass is 268 g/mol. The first-order valence-corrected chi connectivity index (χ1v) is 6.49. The molecule has 5 heteroatoms. The van der Waals surface area contributed by atoms with E-state index in [4.69, 9.17) is 10.5 Å². The number of likely N-dealkylation sites (N-methyl/N-ethyl adjacent to an activating group) is 1. The van der Waals surface area contributed by atoms with E-state index < -0.39 is 6.04 Å². The summed E-state index contributed by atoms with van der Waals surface area (Å²) in [5.74, 6) is -0.0579. The summed E-state index contributed by atoms with van der Waals surface area (Å²) in [6.45, 7) is 2.70. The van der Waals surface area contributed by atoms with Crippen molar-refractivity contribution in [1.29, 1.82) is 10.5 Å². The Morgan fingerprint density at radius 1 is 1.30 bits per heavy atom. The third-order valence-electron chi connectivity index (χ3n) is 3.61. The van der Waals surface area contributed by atoms with Gasteiger partial charge in [-0.1, -0.05) is 0 Å². The molecule has 0 aromatic heterocycles. The minimum atomic E-state index is -0.396. The van der Waals surface area contributed by atoms with Crippen LogP contribution in [0.4, 0.5) is 5.69 Å². The number of carbonyl (C=O) groups is 1. The molecule has 0 saturated carbocycles. The number of nitriles is 2. The summed E-state index contributed by atoms with van der Waals surface area (Å²) in [4.78, 5) is 16.2. The van der Waals surface area contributed by atoms with E-state index in [2.05, 4.69) is 12.1 Å². The highest BCUT2D eigenvalue weighted by molar-refractivity contribution is 5.98. The second kappa shape index (κ2) is 5.73. The fourth-order valence-electron chi connectivity index (χ4n) is 2.60. The van der Waals surface area contributed by atoms with Crippen molar-refractivity contribution in [2.75, 3.05) is 18.5 Å². The molecule has 1 aliphatic heterocycles. The largest absolute Gasteiger partial charge is 0.307 e. The van der Waals surface area contributed by atoms with Crippen LogP contribution in [0.5, 0.6) is 0 Å². The molecule has 1 aliphatic rings. The number of carbonyl (C=O) groups excluding carboxylic acids is 1. The van der Waals surface area contributed by atoms with Crippen molar-refractivity contribution in [3.8, 4) is 12.1 Å².